The molecule has 0 bridgehead atoms. The Morgan fingerprint density at radius 1 is 1.35 bits per heavy atom. The molecule has 1 fully saturated rings. The third-order valence-corrected chi connectivity index (χ3v) is 5.71. The SMILES string of the molecule is COC1CCN(S(=O)(=O)c2cc(C#N)ccc2C)CC1. The van der Waals surface area contributed by atoms with Crippen molar-refractivity contribution in [3.8, 4) is 6.07 Å². The zero-order chi connectivity index (χ0) is 14.8. The Kier molecular flexibility index (Phi) is 4.43. The Balaban J connectivity index is 2.30. The molecule has 1 saturated heterocycles. The van der Waals surface area contributed by atoms with Crippen LogP contribution >= 0.6 is 0 Å². The summed E-state index contributed by atoms with van der Waals surface area (Å²) in [6.45, 7) is 2.66. The third kappa shape index (κ3) is 2.85. The summed E-state index contributed by atoms with van der Waals surface area (Å²) in [5.74, 6) is 0. The zero-order valence-corrected chi connectivity index (χ0v) is 12.5. The molecular formula is C14H18N2O3S. The van der Waals surface area contributed by atoms with Crippen molar-refractivity contribution in [1.82, 2.24) is 4.31 Å². The first-order valence-electron chi connectivity index (χ1n) is 6.52. The maximum atomic E-state index is 12.6. The monoisotopic (exact) mass is 294 g/mol. The Hall–Kier alpha value is -1.42. The standard InChI is InChI=1S/C14H18N2O3S/c1-11-3-4-12(10-15)9-14(11)20(17,18)16-7-5-13(19-2)6-8-16/h3-4,9,13H,5-8H2,1-2H3. The van der Waals surface area contributed by atoms with Crippen LogP contribution in [0.5, 0.6) is 0 Å². The van der Waals surface area contributed by atoms with Crippen molar-refractivity contribution in [3.63, 3.8) is 0 Å². The first-order chi connectivity index (χ1) is 9.48. The molecule has 0 atom stereocenters. The largest absolute Gasteiger partial charge is 0.381 e. The summed E-state index contributed by atoms with van der Waals surface area (Å²) in [5, 5.41) is 8.92. The Morgan fingerprint density at radius 2 is 2.00 bits per heavy atom. The van der Waals surface area contributed by atoms with Crippen LogP contribution in [0.3, 0.4) is 0 Å². The van der Waals surface area contributed by atoms with Gasteiger partial charge in [-0.2, -0.15) is 9.57 Å². The molecule has 5 nitrogen and oxygen atoms in total. The van der Waals surface area contributed by atoms with E-state index >= 15 is 0 Å². The highest BCUT2D eigenvalue weighted by Crippen LogP contribution is 2.24. The lowest BCUT2D eigenvalue weighted by Gasteiger charge is -2.30. The van der Waals surface area contributed by atoms with Gasteiger partial charge in [0.15, 0.2) is 0 Å². The van der Waals surface area contributed by atoms with Crippen LogP contribution in [0.25, 0.3) is 0 Å². The maximum absolute atomic E-state index is 12.6. The Labute approximate surface area is 119 Å². The number of piperidine rings is 1. The van der Waals surface area contributed by atoms with Gasteiger partial charge in [0.2, 0.25) is 10.0 Å². The van der Waals surface area contributed by atoms with Gasteiger partial charge in [0.05, 0.1) is 22.6 Å². The van der Waals surface area contributed by atoms with Gasteiger partial charge in [-0.25, -0.2) is 8.42 Å². The fraction of sp³-hybridized carbons (Fsp3) is 0.500. The molecule has 0 spiro atoms. The van der Waals surface area contributed by atoms with Gasteiger partial charge in [0, 0.05) is 20.2 Å². The van der Waals surface area contributed by atoms with Crippen molar-refractivity contribution in [2.24, 2.45) is 0 Å². The van der Waals surface area contributed by atoms with Crippen molar-refractivity contribution >= 4 is 10.0 Å². The Morgan fingerprint density at radius 3 is 2.55 bits per heavy atom. The van der Waals surface area contributed by atoms with E-state index < -0.39 is 10.0 Å². The van der Waals surface area contributed by atoms with Gasteiger partial charge in [-0.05, 0) is 37.5 Å². The molecule has 1 aromatic rings. The van der Waals surface area contributed by atoms with E-state index in [2.05, 4.69) is 0 Å². The van der Waals surface area contributed by atoms with Gasteiger partial charge in [0.1, 0.15) is 0 Å². The minimum atomic E-state index is -3.53. The van der Waals surface area contributed by atoms with Crippen molar-refractivity contribution in [1.29, 1.82) is 5.26 Å². The molecule has 0 aliphatic carbocycles. The van der Waals surface area contributed by atoms with Crippen molar-refractivity contribution < 1.29 is 13.2 Å². The number of aryl methyl sites for hydroxylation is 1. The number of sulfonamides is 1. The van der Waals surface area contributed by atoms with Gasteiger partial charge in [0.25, 0.3) is 0 Å². The molecule has 0 unspecified atom stereocenters. The lowest BCUT2D eigenvalue weighted by atomic mass is 10.1. The normalized spacial score (nSPS) is 17.9. The zero-order valence-electron chi connectivity index (χ0n) is 11.7. The summed E-state index contributed by atoms with van der Waals surface area (Å²) in [6, 6.07) is 6.74. The molecule has 0 aromatic heterocycles. The summed E-state index contributed by atoms with van der Waals surface area (Å²) < 4.78 is 32.0. The summed E-state index contributed by atoms with van der Waals surface area (Å²) >= 11 is 0. The topological polar surface area (TPSA) is 70.4 Å². The summed E-state index contributed by atoms with van der Waals surface area (Å²) in [6.07, 6.45) is 1.53. The molecule has 1 heterocycles. The van der Waals surface area contributed by atoms with E-state index in [4.69, 9.17) is 10.00 Å². The highest BCUT2D eigenvalue weighted by molar-refractivity contribution is 7.89. The number of hydrogen-bond donors (Lipinski definition) is 0. The lowest BCUT2D eigenvalue weighted by Crippen LogP contribution is -2.40. The van der Waals surface area contributed by atoms with Gasteiger partial charge >= 0.3 is 0 Å². The number of nitriles is 1. The maximum Gasteiger partial charge on any atom is 0.243 e. The lowest BCUT2D eigenvalue weighted by molar-refractivity contribution is 0.0604. The number of ether oxygens (including phenoxy) is 1. The van der Waals surface area contributed by atoms with Crippen LogP contribution in [-0.4, -0.2) is 39.0 Å². The summed E-state index contributed by atoms with van der Waals surface area (Å²) in [7, 11) is -1.88. The molecule has 0 amide bonds. The van der Waals surface area contributed by atoms with Crippen molar-refractivity contribution in [2.45, 2.75) is 30.8 Å². The van der Waals surface area contributed by atoms with E-state index in [1.54, 1.807) is 26.2 Å². The van der Waals surface area contributed by atoms with E-state index in [1.807, 2.05) is 6.07 Å². The molecule has 0 radical (unpaired) electrons. The fourth-order valence-electron chi connectivity index (χ4n) is 2.39. The highest BCUT2D eigenvalue weighted by atomic mass is 32.2. The third-order valence-electron chi connectivity index (χ3n) is 3.67. The molecule has 1 aliphatic heterocycles. The second kappa shape index (κ2) is 5.92. The first kappa shape index (κ1) is 15.0. The summed E-state index contributed by atoms with van der Waals surface area (Å²) in [5.41, 5.74) is 1.03. The molecule has 108 valence electrons. The van der Waals surface area contributed by atoms with Crippen molar-refractivity contribution in [2.75, 3.05) is 20.2 Å². The minimum Gasteiger partial charge on any atom is -0.381 e. The summed E-state index contributed by atoms with van der Waals surface area (Å²) in [4.78, 5) is 0.229. The number of nitrogens with zero attached hydrogens (tertiary/aromatic N) is 2. The van der Waals surface area contributed by atoms with Crippen LogP contribution in [0.4, 0.5) is 0 Å². The van der Waals surface area contributed by atoms with Gasteiger partial charge < -0.3 is 4.74 Å². The molecule has 1 aliphatic rings. The minimum absolute atomic E-state index is 0.132. The smallest absolute Gasteiger partial charge is 0.243 e. The number of hydrogen-bond acceptors (Lipinski definition) is 4. The fourth-order valence-corrected chi connectivity index (χ4v) is 4.12. The van der Waals surface area contributed by atoms with Crippen LogP contribution in [0.1, 0.15) is 24.0 Å². The molecule has 1 aromatic carbocycles. The van der Waals surface area contributed by atoms with Crippen LogP contribution < -0.4 is 0 Å². The quantitative estimate of drug-likeness (QED) is 0.850. The average Bonchev–Trinajstić information content (AvgIpc) is 2.47. The van der Waals surface area contributed by atoms with Crippen LogP contribution in [0.15, 0.2) is 23.1 Å². The molecular weight excluding hydrogens is 276 g/mol. The van der Waals surface area contributed by atoms with Gasteiger partial charge in [-0.15, -0.1) is 0 Å². The molecule has 20 heavy (non-hydrogen) atoms. The van der Waals surface area contributed by atoms with E-state index in [-0.39, 0.29) is 11.0 Å². The van der Waals surface area contributed by atoms with Gasteiger partial charge in [-0.1, -0.05) is 6.07 Å². The first-order valence-corrected chi connectivity index (χ1v) is 7.96. The average molecular weight is 294 g/mol. The number of methoxy groups -OCH3 is 1. The predicted octanol–water partition coefficient (Wildman–Crippen LogP) is 1.67. The number of rotatable bonds is 3. The molecule has 0 saturated carbocycles. The van der Waals surface area contributed by atoms with Crippen LogP contribution in [0, 0.1) is 18.3 Å². The van der Waals surface area contributed by atoms with E-state index in [9.17, 15) is 8.42 Å². The highest BCUT2D eigenvalue weighted by Gasteiger charge is 2.30. The molecule has 2 rings (SSSR count). The van der Waals surface area contributed by atoms with Gasteiger partial charge in [-0.3, -0.25) is 0 Å². The Bertz CT molecular complexity index is 626. The van der Waals surface area contributed by atoms with Crippen LogP contribution in [0.2, 0.25) is 0 Å². The van der Waals surface area contributed by atoms with Crippen LogP contribution in [-0.2, 0) is 14.8 Å². The predicted molar refractivity (Wildman–Crippen MR) is 74.7 cm³/mol. The second-order valence-electron chi connectivity index (χ2n) is 4.93. The van der Waals surface area contributed by atoms with Crippen molar-refractivity contribution in [3.05, 3.63) is 29.3 Å². The molecule has 6 heteroatoms. The van der Waals surface area contributed by atoms with E-state index in [1.165, 1.54) is 10.4 Å². The van der Waals surface area contributed by atoms with E-state index in [0.717, 1.165) is 0 Å². The number of benzene rings is 1. The van der Waals surface area contributed by atoms with E-state index in [0.29, 0.717) is 37.1 Å². The second-order valence-corrected chi connectivity index (χ2v) is 6.84. The molecule has 0 N–H and O–H groups in total.